The van der Waals surface area contributed by atoms with Gasteiger partial charge in [-0.25, -0.2) is 4.39 Å². The first-order chi connectivity index (χ1) is 10.1. The molecule has 0 rings (SSSR count). The Morgan fingerprint density at radius 3 is 1.29 bits per heavy atom. The zero-order valence-corrected chi connectivity index (χ0v) is 17.2. The maximum atomic E-state index is 14.3. The van der Waals surface area contributed by atoms with Gasteiger partial charge in [0.2, 0.25) is 0 Å². The van der Waals surface area contributed by atoms with Crippen molar-refractivity contribution in [3.63, 3.8) is 0 Å². The van der Waals surface area contributed by atoms with Crippen molar-refractivity contribution < 1.29 is 4.39 Å². The summed E-state index contributed by atoms with van der Waals surface area (Å²) in [6.07, 6.45) is 20.0. The fourth-order valence-electron chi connectivity index (χ4n) is 3.03. The molecule has 0 nitrogen and oxygen atoms in total. The van der Waals surface area contributed by atoms with E-state index in [4.69, 9.17) is 0 Å². The lowest BCUT2D eigenvalue weighted by molar-refractivity contribution is 0.228. The molecule has 0 radical (unpaired) electrons. The minimum Gasteiger partial charge on any atom is -0.249 e. The molecule has 0 aromatic carbocycles. The van der Waals surface area contributed by atoms with Crippen molar-refractivity contribution in [2.24, 2.45) is 0 Å². The van der Waals surface area contributed by atoms with E-state index < -0.39 is 5.29 Å². The molecule has 128 valence electrons. The van der Waals surface area contributed by atoms with E-state index in [2.05, 4.69) is 13.8 Å². The summed E-state index contributed by atoms with van der Waals surface area (Å²) in [6.45, 7) is 4.46. The maximum Gasteiger partial charge on any atom is 0.0897 e. The minimum atomic E-state index is -0.769. The molecule has 1 atom stereocenters. The number of hydrogen-bond acceptors (Lipinski definition) is 0. The molecular weight excluding hydrogens is 275 g/mol. The molecule has 0 aromatic heterocycles. The van der Waals surface area contributed by atoms with Gasteiger partial charge in [-0.2, -0.15) is 0 Å². The molecule has 0 aliphatic heterocycles. The Morgan fingerprint density at radius 1 is 0.571 bits per heavy atom. The quantitative estimate of drug-likeness (QED) is 0.231. The molecule has 0 aliphatic rings. The molecule has 0 amide bonds. The van der Waals surface area contributed by atoms with Crippen LogP contribution in [0.1, 0.15) is 117 Å². The van der Waals surface area contributed by atoms with Crippen molar-refractivity contribution in [1.82, 2.24) is 0 Å². The van der Waals surface area contributed by atoms with Crippen LogP contribution in [0.3, 0.4) is 0 Å². The first kappa shape index (κ1) is 21.1. The van der Waals surface area contributed by atoms with Gasteiger partial charge in [-0.1, -0.05) is 104 Å². The first-order valence-electron chi connectivity index (χ1n) is 9.81. The second-order valence-corrected chi connectivity index (χ2v) is 8.95. The fraction of sp³-hybridized carbons (Fsp3) is 1.00. The van der Waals surface area contributed by atoms with Crippen LogP contribution in [0.2, 0.25) is 0 Å². The summed E-state index contributed by atoms with van der Waals surface area (Å²) in [7, 11) is 0.719. The van der Waals surface area contributed by atoms with Gasteiger partial charge >= 0.3 is 0 Å². The lowest BCUT2D eigenvalue weighted by Crippen LogP contribution is -2.22. The van der Waals surface area contributed by atoms with Crippen LogP contribution in [-0.2, 0) is 0 Å². The normalized spacial score (nSPS) is 14.4. The summed E-state index contributed by atoms with van der Waals surface area (Å²) in [5, 5.41) is -0.769. The van der Waals surface area contributed by atoms with Crippen molar-refractivity contribution >= 4 is 10.2 Å². The van der Waals surface area contributed by atoms with Crippen LogP contribution in [0.5, 0.6) is 0 Å². The summed E-state index contributed by atoms with van der Waals surface area (Å²) >= 11 is 0. The average Bonchev–Trinajstić information content (AvgIpc) is 2.45. The molecular formula is C19H41FSi. The molecule has 0 saturated carbocycles. The fourth-order valence-corrected chi connectivity index (χ4v) is 3.73. The van der Waals surface area contributed by atoms with Crippen LogP contribution in [0.4, 0.5) is 4.39 Å². The Kier molecular flexibility index (Phi) is 15.2. The van der Waals surface area contributed by atoms with Gasteiger partial charge in [0.15, 0.2) is 0 Å². The lowest BCUT2D eigenvalue weighted by Gasteiger charge is -2.20. The van der Waals surface area contributed by atoms with Crippen LogP contribution >= 0.6 is 0 Å². The molecule has 0 N–H and O–H groups in total. The molecule has 0 aliphatic carbocycles. The highest BCUT2D eigenvalue weighted by Gasteiger charge is 2.21. The SMILES string of the molecule is CCCCCCCCCCCCCC(F)([SiH3])CCCCC. The molecule has 21 heavy (non-hydrogen) atoms. The number of hydrogen-bond donors (Lipinski definition) is 0. The summed E-state index contributed by atoms with van der Waals surface area (Å²) < 4.78 is 14.3. The van der Waals surface area contributed by atoms with Crippen LogP contribution in [0.15, 0.2) is 0 Å². The summed E-state index contributed by atoms with van der Waals surface area (Å²) in [4.78, 5) is 0. The van der Waals surface area contributed by atoms with Crippen LogP contribution < -0.4 is 0 Å². The molecule has 0 spiro atoms. The maximum absolute atomic E-state index is 14.3. The van der Waals surface area contributed by atoms with Crippen molar-refractivity contribution in [3.05, 3.63) is 0 Å². The average molecular weight is 317 g/mol. The van der Waals surface area contributed by atoms with E-state index in [1.165, 1.54) is 77.0 Å². The Labute approximate surface area is 137 Å². The number of unbranched alkanes of at least 4 members (excludes halogenated alkanes) is 12. The second-order valence-electron chi connectivity index (χ2n) is 7.16. The topological polar surface area (TPSA) is 0 Å². The second kappa shape index (κ2) is 15.1. The predicted molar refractivity (Wildman–Crippen MR) is 99.0 cm³/mol. The van der Waals surface area contributed by atoms with E-state index in [9.17, 15) is 4.39 Å². The minimum absolute atomic E-state index is 0.719. The van der Waals surface area contributed by atoms with Crippen molar-refractivity contribution in [3.8, 4) is 0 Å². The monoisotopic (exact) mass is 316 g/mol. The first-order valence-corrected chi connectivity index (χ1v) is 10.8. The third-order valence-electron chi connectivity index (χ3n) is 4.60. The highest BCUT2D eigenvalue weighted by molar-refractivity contribution is 6.14. The van der Waals surface area contributed by atoms with E-state index in [1.54, 1.807) is 0 Å². The number of rotatable bonds is 16. The van der Waals surface area contributed by atoms with Gasteiger partial charge in [0.05, 0.1) is 5.29 Å². The summed E-state index contributed by atoms with van der Waals surface area (Å²) in [6, 6.07) is 0. The molecule has 0 heterocycles. The highest BCUT2D eigenvalue weighted by Crippen LogP contribution is 2.23. The summed E-state index contributed by atoms with van der Waals surface area (Å²) in [5.74, 6) is 0. The van der Waals surface area contributed by atoms with Crippen molar-refractivity contribution in [1.29, 1.82) is 0 Å². The van der Waals surface area contributed by atoms with Gasteiger partial charge in [0.25, 0.3) is 0 Å². The van der Waals surface area contributed by atoms with E-state index in [0.29, 0.717) is 0 Å². The van der Waals surface area contributed by atoms with Gasteiger partial charge in [-0.05, 0) is 12.8 Å². The van der Waals surface area contributed by atoms with E-state index in [0.717, 1.165) is 35.9 Å². The van der Waals surface area contributed by atoms with Crippen molar-refractivity contribution in [2.75, 3.05) is 0 Å². The Balaban J connectivity index is 3.23. The van der Waals surface area contributed by atoms with Gasteiger partial charge in [-0.3, -0.25) is 0 Å². The van der Waals surface area contributed by atoms with Crippen LogP contribution in [0, 0.1) is 0 Å². The zero-order chi connectivity index (χ0) is 15.8. The lowest BCUT2D eigenvalue weighted by atomic mass is 10.0. The van der Waals surface area contributed by atoms with Crippen LogP contribution in [0.25, 0.3) is 0 Å². The Hall–Kier alpha value is 0.147. The third-order valence-corrected chi connectivity index (χ3v) is 5.60. The molecule has 0 bridgehead atoms. The standard InChI is InChI=1S/C19H41FSi/c1-3-5-7-8-9-10-11-12-13-14-16-18-19(20,21)17-15-6-4-2/h3-18H2,1-2,21H3. The Bertz CT molecular complexity index is 204. The number of alkyl halides is 1. The van der Waals surface area contributed by atoms with Gasteiger partial charge in [-0.15, -0.1) is 0 Å². The van der Waals surface area contributed by atoms with E-state index >= 15 is 0 Å². The largest absolute Gasteiger partial charge is 0.249 e. The number of halogens is 1. The van der Waals surface area contributed by atoms with E-state index in [-0.39, 0.29) is 0 Å². The highest BCUT2D eigenvalue weighted by atomic mass is 28.1. The third kappa shape index (κ3) is 16.3. The van der Waals surface area contributed by atoms with Gasteiger partial charge in [0, 0.05) is 10.2 Å². The predicted octanol–water partition coefficient (Wildman–Crippen LogP) is 6.30. The molecule has 1 unspecified atom stereocenters. The molecule has 2 heteroatoms. The summed E-state index contributed by atoms with van der Waals surface area (Å²) in [5.41, 5.74) is 0. The van der Waals surface area contributed by atoms with E-state index in [1.807, 2.05) is 0 Å². The van der Waals surface area contributed by atoms with Crippen LogP contribution in [-0.4, -0.2) is 15.5 Å². The molecule has 0 fully saturated rings. The Morgan fingerprint density at radius 2 is 0.857 bits per heavy atom. The molecule has 0 saturated heterocycles. The van der Waals surface area contributed by atoms with Gasteiger partial charge < -0.3 is 0 Å². The van der Waals surface area contributed by atoms with Gasteiger partial charge in [0.1, 0.15) is 0 Å². The van der Waals surface area contributed by atoms with Crippen molar-refractivity contribution in [2.45, 2.75) is 122 Å². The molecule has 0 aromatic rings. The zero-order valence-electron chi connectivity index (χ0n) is 15.2. The smallest absolute Gasteiger partial charge is 0.0897 e.